The maximum atomic E-state index is 13.9. The second-order valence-electron chi connectivity index (χ2n) is 5.86. The first-order chi connectivity index (χ1) is 12.9. The molecule has 0 saturated heterocycles. The predicted molar refractivity (Wildman–Crippen MR) is 115 cm³/mol. The van der Waals surface area contributed by atoms with Crippen LogP contribution in [-0.2, 0) is 11.3 Å². The second-order valence-corrected chi connectivity index (χ2v) is 5.86. The molecule has 4 N–H and O–H groups in total. The predicted octanol–water partition coefficient (Wildman–Crippen LogP) is 2.87. The summed E-state index contributed by atoms with van der Waals surface area (Å²) in [7, 11) is 1.59. The highest BCUT2D eigenvalue weighted by Crippen LogP contribution is 2.17. The molecule has 1 amide bonds. The molecule has 2 aromatic carbocycles. The van der Waals surface area contributed by atoms with Crippen LogP contribution in [0.4, 0.5) is 8.78 Å². The number of carbonyl (C=O) groups excluding carboxylic acids is 1. The first kappa shape index (κ1) is 23.6. The van der Waals surface area contributed by atoms with Crippen LogP contribution in [0.5, 0.6) is 5.75 Å². The molecule has 1 unspecified atom stereocenters. The fourth-order valence-corrected chi connectivity index (χ4v) is 2.42. The molecule has 1 atom stereocenters. The van der Waals surface area contributed by atoms with Gasteiger partial charge in [0.05, 0.1) is 6.04 Å². The molecule has 0 fully saturated rings. The first-order valence-electron chi connectivity index (χ1n) is 8.31. The highest BCUT2D eigenvalue weighted by Gasteiger charge is 2.13. The summed E-state index contributed by atoms with van der Waals surface area (Å²) in [6.07, 6.45) is 0. The Kier molecular flexibility index (Phi) is 9.63. The Balaban J connectivity index is 0.00000392. The maximum Gasteiger partial charge on any atom is 0.255 e. The van der Waals surface area contributed by atoms with Crippen LogP contribution in [0.25, 0.3) is 0 Å². The van der Waals surface area contributed by atoms with Crippen molar-refractivity contribution >= 4 is 35.8 Å². The van der Waals surface area contributed by atoms with E-state index in [-0.39, 0.29) is 30.6 Å². The Hall–Kier alpha value is -2.43. The molecule has 9 heteroatoms. The summed E-state index contributed by atoms with van der Waals surface area (Å²) in [5, 5.41) is 6.16. The van der Waals surface area contributed by atoms with Crippen molar-refractivity contribution in [3.63, 3.8) is 0 Å². The van der Waals surface area contributed by atoms with Gasteiger partial charge in [0, 0.05) is 25.2 Å². The van der Waals surface area contributed by atoms with Gasteiger partial charge in [0.1, 0.15) is 17.4 Å². The number of hydrogen-bond acceptors (Lipinski definition) is 3. The van der Waals surface area contributed by atoms with Crippen LogP contribution in [0.1, 0.15) is 24.1 Å². The molecule has 0 aliphatic rings. The molecule has 6 nitrogen and oxygen atoms in total. The number of hydrogen-bond donors (Lipinski definition) is 3. The van der Waals surface area contributed by atoms with E-state index in [0.717, 1.165) is 11.6 Å². The molecule has 0 heterocycles. The Morgan fingerprint density at radius 3 is 2.64 bits per heavy atom. The number of nitrogens with one attached hydrogen (secondary N) is 2. The smallest absolute Gasteiger partial charge is 0.255 e. The summed E-state index contributed by atoms with van der Waals surface area (Å²) in [5.74, 6) is -0.813. The number of ether oxygens (including phenoxy) is 1. The number of nitrogens with zero attached hydrogens (tertiary/aromatic N) is 1. The summed E-state index contributed by atoms with van der Waals surface area (Å²) in [6, 6.07) is 10.2. The van der Waals surface area contributed by atoms with E-state index in [2.05, 4.69) is 15.6 Å². The normalized spacial score (nSPS) is 11.9. The number of primary amides is 1. The molecular formula is C19H23F2IN4O2. The third-order valence-electron chi connectivity index (χ3n) is 3.75. The second kappa shape index (κ2) is 11.4. The van der Waals surface area contributed by atoms with Gasteiger partial charge in [-0.25, -0.2) is 8.78 Å². The molecule has 0 aliphatic carbocycles. The zero-order valence-corrected chi connectivity index (χ0v) is 17.9. The number of aliphatic imine (C=N–C) groups is 1. The van der Waals surface area contributed by atoms with E-state index in [9.17, 15) is 13.6 Å². The lowest BCUT2D eigenvalue weighted by molar-refractivity contribution is -0.119. The minimum absolute atomic E-state index is 0. The first-order valence-corrected chi connectivity index (χ1v) is 8.31. The Morgan fingerprint density at radius 2 is 2.00 bits per heavy atom. The molecule has 0 aromatic heterocycles. The van der Waals surface area contributed by atoms with Crippen LogP contribution in [0.3, 0.4) is 0 Å². The third-order valence-corrected chi connectivity index (χ3v) is 3.75. The van der Waals surface area contributed by atoms with Gasteiger partial charge in [-0.2, -0.15) is 0 Å². The molecular weight excluding hydrogens is 481 g/mol. The van der Waals surface area contributed by atoms with Crippen LogP contribution in [0, 0.1) is 11.6 Å². The van der Waals surface area contributed by atoms with Crippen molar-refractivity contribution in [2.75, 3.05) is 13.7 Å². The van der Waals surface area contributed by atoms with Crippen molar-refractivity contribution in [3.05, 3.63) is 65.2 Å². The Morgan fingerprint density at radius 1 is 1.25 bits per heavy atom. The van der Waals surface area contributed by atoms with E-state index in [1.807, 2.05) is 6.07 Å². The fourth-order valence-electron chi connectivity index (χ4n) is 2.42. The number of halogens is 3. The van der Waals surface area contributed by atoms with Gasteiger partial charge >= 0.3 is 0 Å². The summed E-state index contributed by atoms with van der Waals surface area (Å²) >= 11 is 0. The van der Waals surface area contributed by atoms with Gasteiger partial charge in [-0.05, 0) is 30.7 Å². The van der Waals surface area contributed by atoms with Gasteiger partial charge in [-0.15, -0.1) is 24.0 Å². The van der Waals surface area contributed by atoms with E-state index in [1.54, 1.807) is 32.2 Å². The molecule has 0 spiro atoms. The van der Waals surface area contributed by atoms with Crippen molar-refractivity contribution in [3.8, 4) is 5.75 Å². The largest absolute Gasteiger partial charge is 0.484 e. The zero-order chi connectivity index (χ0) is 19.8. The van der Waals surface area contributed by atoms with Gasteiger partial charge in [-0.1, -0.05) is 18.2 Å². The molecule has 0 saturated carbocycles. The standard InChI is InChI=1S/C19H22F2N4O2.HI/c1-12(16-7-6-14(20)9-17(16)21)25-19(23-2)24-10-13-4-3-5-15(8-13)27-11-18(22)26;/h3-9,12H,10-11H2,1-2H3,(H2,22,26)(H2,23,24,25);1H. The molecule has 2 aromatic rings. The van der Waals surface area contributed by atoms with Gasteiger partial charge in [0.15, 0.2) is 12.6 Å². The van der Waals surface area contributed by atoms with Gasteiger partial charge in [0.25, 0.3) is 5.91 Å². The minimum Gasteiger partial charge on any atom is -0.484 e. The minimum atomic E-state index is -0.621. The van der Waals surface area contributed by atoms with Gasteiger partial charge in [-0.3, -0.25) is 9.79 Å². The average Bonchev–Trinajstić information content (AvgIpc) is 2.63. The molecule has 0 radical (unpaired) electrons. The molecule has 0 bridgehead atoms. The number of benzene rings is 2. The number of amides is 1. The molecule has 0 aliphatic heterocycles. The maximum absolute atomic E-state index is 13.9. The van der Waals surface area contributed by atoms with Crippen LogP contribution >= 0.6 is 24.0 Å². The van der Waals surface area contributed by atoms with Crippen molar-refractivity contribution < 1.29 is 18.3 Å². The van der Waals surface area contributed by atoms with Crippen LogP contribution in [0.2, 0.25) is 0 Å². The van der Waals surface area contributed by atoms with E-state index in [4.69, 9.17) is 10.5 Å². The van der Waals surface area contributed by atoms with E-state index in [0.29, 0.717) is 23.8 Å². The van der Waals surface area contributed by atoms with E-state index < -0.39 is 23.6 Å². The van der Waals surface area contributed by atoms with Gasteiger partial charge < -0.3 is 21.1 Å². The Labute approximate surface area is 179 Å². The summed E-state index contributed by atoms with van der Waals surface area (Å²) < 4.78 is 32.2. The number of guanidine groups is 1. The Bertz CT molecular complexity index is 833. The monoisotopic (exact) mass is 504 g/mol. The summed E-state index contributed by atoms with van der Waals surface area (Å²) in [5.41, 5.74) is 6.28. The topological polar surface area (TPSA) is 88.7 Å². The zero-order valence-electron chi connectivity index (χ0n) is 15.5. The number of carbonyl (C=O) groups is 1. The number of rotatable bonds is 7. The fraction of sp³-hybridized carbons (Fsp3) is 0.263. The van der Waals surface area contributed by atoms with E-state index >= 15 is 0 Å². The van der Waals surface area contributed by atoms with Crippen molar-refractivity contribution in [1.29, 1.82) is 0 Å². The van der Waals surface area contributed by atoms with Crippen LogP contribution in [0.15, 0.2) is 47.5 Å². The molecule has 28 heavy (non-hydrogen) atoms. The van der Waals surface area contributed by atoms with Gasteiger partial charge in [0.2, 0.25) is 0 Å². The average molecular weight is 504 g/mol. The lowest BCUT2D eigenvalue weighted by atomic mass is 10.1. The number of nitrogens with two attached hydrogens (primary N) is 1. The molecule has 2 rings (SSSR count). The lowest BCUT2D eigenvalue weighted by Crippen LogP contribution is -2.38. The third kappa shape index (κ3) is 7.29. The van der Waals surface area contributed by atoms with Crippen LogP contribution < -0.4 is 21.1 Å². The van der Waals surface area contributed by atoms with Crippen molar-refractivity contribution in [1.82, 2.24) is 10.6 Å². The summed E-state index contributed by atoms with van der Waals surface area (Å²) in [6.45, 7) is 1.98. The highest BCUT2D eigenvalue weighted by atomic mass is 127. The van der Waals surface area contributed by atoms with E-state index in [1.165, 1.54) is 12.1 Å². The summed E-state index contributed by atoms with van der Waals surface area (Å²) in [4.78, 5) is 14.9. The molecule has 152 valence electrons. The highest BCUT2D eigenvalue weighted by molar-refractivity contribution is 14.0. The van der Waals surface area contributed by atoms with Crippen molar-refractivity contribution in [2.24, 2.45) is 10.7 Å². The van der Waals surface area contributed by atoms with Crippen LogP contribution in [-0.4, -0.2) is 25.5 Å². The van der Waals surface area contributed by atoms with Crippen molar-refractivity contribution in [2.45, 2.75) is 19.5 Å². The SMILES string of the molecule is CN=C(NCc1cccc(OCC(N)=O)c1)NC(C)c1ccc(F)cc1F.I. The quantitative estimate of drug-likeness (QED) is 0.308. The lowest BCUT2D eigenvalue weighted by Gasteiger charge is -2.19.